The Kier molecular flexibility index (Phi) is 7.84. The molecule has 186 valence electrons. The standard InChI is InChI=1S/C36H42/c1-23(2)27-15-9-12-18-31(27)34-22-21-30(26(7)8)35(32-19-13-10-16-28(32)24(3)4)36(34)33-20-14-11-17-29(33)25(5)6/h9-26H,1-8H3. The van der Waals surface area contributed by atoms with Crippen molar-refractivity contribution in [3.05, 3.63) is 107 Å². The number of rotatable bonds is 7. The largest absolute Gasteiger partial charge is 0.0619 e. The molecule has 4 aromatic rings. The first kappa shape index (κ1) is 26.0. The molecule has 0 saturated heterocycles. The van der Waals surface area contributed by atoms with Crippen LogP contribution in [0.1, 0.15) is 101 Å². The normalized spacial score (nSPS) is 11.8. The SMILES string of the molecule is CC(C)c1ccccc1-c1ccc(C(C)C)c(-c2ccccc2C(C)C)c1-c1ccccc1C(C)C. The maximum atomic E-state index is 2.39. The fourth-order valence-electron chi connectivity index (χ4n) is 5.60. The van der Waals surface area contributed by atoms with Crippen LogP contribution in [0.2, 0.25) is 0 Å². The molecule has 0 aliphatic heterocycles. The predicted molar refractivity (Wildman–Crippen MR) is 159 cm³/mol. The third kappa shape index (κ3) is 4.92. The maximum absolute atomic E-state index is 2.39. The summed E-state index contributed by atoms with van der Waals surface area (Å²) in [5.74, 6) is 1.75. The van der Waals surface area contributed by atoms with Crippen molar-refractivity contribution in [1.29, 1.82) is 0 Å². The van der Waals surface area contributed by atoms with Crippen LogP contribution in [0.3, 0.4) is 0 Å². The molecule has 0 unspecified atom stereocenters. The summed E-state index contributed by atoms with van der Waals surface area (Å²) in [6.07, 6.45) is 0. The van der Waals surface area contributed by atoms with E-state index in [9.17, 15) is 0 Å². The molecule has 0 aromatic heterocycles. The molecule has 0 radical (unpaired) electrons. The zero-order valence-corrected chi connectivity index (χ0v) is 23.4. The molecular weight excluding hydrogens is 432 g/mol. The zero-order chi connectivity index (χ0) is 26.0. The van der Waals surface area contributed by atoms with Gasteiger partial charge in [0.15, 0.2) is 0 Å². The first-order chi connectivity index (χ1) is 17.2. The lowest BCUT2D eigenvalue weighted by Crippen LogP contribution is -2.04. The molecule has 0 amide bonds. The van der Waals surface area contributed by atoms with Crippen LogP contribution in [0.5, 0.6) is 0 Å². The minimum atomic E-state index is 0.416. The van der Waals surface area contributed by atoms with Crippen molar-refractivity contribution in [3.63, 3.8) is 0 Å². The zero-order valence-electron chi connectivity index (χ0n) is 23.4. The summed E-state index contributed by atoms with van der Waals surface area (Å²) >= 11 is 0. The highest BCUT2D eigenvalue weighted by atomic mass is 14.3. The fourth-order valence-corrected chi connectivity index (χ4v) is 5.60. The number of hydrogen-bond acceptors (Lipinski definition) is 0. The topological polar surface area (TPSA) is 0 Å². The molecule has 0 heterocycles. The number of benzene rings is 4. The Morgan fingerprint density at radius 1 is 0.306 bits per heavy atom. The Bertz CT molecular complexity index is 1330. The van der Waals surface area contributed by atoms with Gasteiger partial charge in [-0.1, -0.05) is 140 Å². The first-order valence-corrected chi connectivity index (χ1v) is 13.7. The van der Waals surface area contributed by atoms with E-state index in [2.05, 4.69) is 140 Å². The molecule has 0 aliphatic carbocycles. The molecular formula is C36H42. The van der Waals surface area contributed by atoms with Gasteiger partial charge in [0.2, 0.25) is 0 Å². The van der Waals surface area contributed by atoms with Crippen molar-refractivity contribution >= 4 is 0 Å². The highest BCUT2D eigenvalue weighted by molar-refractivity contribution is 5.98. The molecule has 0 heteroatoms. The van der Waals surface area contributed by atoms with E-state index in [0.29, 0.717) is 23.7 Å². The van der Waals surface area contributed by atoms with Crippen LogP contribution in [0, 0.1) is 0 Å². The second-order valence-corrected chi connectivity index (χ2v) is 11.3. The lowest BCUT2D eigenvalue weighted by molar-refractivity contribution is 0.855. The summed E-state index contributed by atoms with van der Waals surface area (Å²) in [6.45, 7) is 18.5. The average Bonchev–Trinajstić information content (AvgIpc) is 2.87. The number of hydrogen-bond donors (Lipinski definition) is 0. The van der Waals surface area contributed by atoms with Gasteiger partial charge in [-0.25, -0.2) is 0 Å². The summed E-state index contributed by atoms with van der Waals surface area (Å²) in [6, 6.07) is 31.9. The van der Waals surface area contributed by atoms with Gasteiger partial charge in [0, 0.05) is 0 Å². The van der Waals surface area contributed by atoms with E-state index < -0.39 is 0 Å². The van der Waals surface area contributed by atoms with Gasteiger partial charge >= 0.3 is 0 Å². The van der Waals surface area contributed by atoms with Crippen LogP contribution >= 0.6 is 0 Å². The third-order valence-electron chi connectivity index (χ3n) is 7.44. The summed E-state index contributed by atoms with van der Waals surface area (Å²) in [7, 11) is 0. The van der Waals surface area contributed by atoms with E-state index >= 15 is 0 Å². The van der Waals surface area contributed by atoms with Crippen molar-refractivity contribution in [2.45, 2.75) is 79.1 Å². The fraction of sp³-hybridized carbons (Fsp3) is 0.333. The van der Waals surface area contributed by atoms with Crippen molar-refractivity contribution in [1.82, 2.24) is 0 Å². The first-order valence-electron chi connectivity index (χ1n) is 13.7. The average molecular weight is 475 g/mol. The van der Waals surface area contributed by atoms with Crippen molar-refractivity contribution < 1.29 is 0 Å². The quantitative estimate of drug-likeness (QED) is 0.250. The highest BCUT2D eigenvalue weighted by Crippen LogP contribution is 2.48. The minimum absolute atomic E-state index is 0.416. The maximum Gasteiger partial charge on any atom is -0.00209 e. The van der Waals surface area contributed by atoms with Gasteiger partial charge in [0.25, 0.3) is 0 Å². The van der Waals surface area contributed by atoms with E-state index in [0.717, 1.165) is 0 Å². The third-order valence-corrected chi connectivity index (χ3v) is 7.44. The Morgan fingerprint density at radius 2 is 0.667 bits per heavy atom. The Balaban J connectivity index is 2.24. The molecule has 0 fully saturated rings. The van der Waals surface area contributed by atoms with Crippen LogP contribution in [-0.4, -0.2) is 0 Å². The second-order valence-electron chi connectivity index (χ2n) is 11.3. The van der Waals surface area contributed by atoms with Gasteiger partial charge in [-0.2, -0.15) is 0 Å². The van der Waals surface area contributed by atoms with Crippen LogP contribution in [0.25, 0.3) is 33.4 Å². The van der Waals surface area contributed by atoms with Gasteiger partial charge in [0.05, 0.1) is 0 Å². The van der Waals surface area contributed by atoms with E-state index in [4.69, 9.17) is 0 Å². The van der Waals surface area contributed by atoms with Crippen LogP contribution in [-0.2, 0) is 0 Å². The van der Waals surface area contributed by atoms with Crippen LogP contribution < -0.4 is 0 Å². The second kappa shape index (κ2) is 10.9. The molecule has 0 saturated carbocycles. The highest BCUT2D eigenvalue weighted by Gasteiger charge is 2.25. The summed E-state index contributed by atoms with van der Waals surface area (Å²) in [4.78, 5) is 0. The van der Waals surface area contributed by atoms with Gasteiger partial charge in [-0.3, -0.25) is 0 Å². The van der Waals surface area contributed by atoms with E-state index in [1.807, 2.05) is 0 Å². The molecule has 4 rings (SSSR count). The lowest BCUT2D eigenvalue weighted by Gasteiger charge is -2.27. The molecule has 0 spiro atoms. The predicted octanol–water partition coefficient (Wildman–Crippen LogP) is 11.2. The van der Waals surface area contributed by atoms with Gasteiger partial charge < -0.3 is 0 Å². The van der Waals surface area contributed by atoms with Gasteiger partial charge in [-0.15, -0.1) is 0 Å². The van der Waals surface area contributed by atoms with Crippen LogP contribution in [0.15, 0.2) is 84.9 Å². The van der Waals surface area contributed by atoms with E-state index in [1.165, 1.54) is 55.6 Å². The summed E-state index contributed by atoms with van der Waals surface area (Å²) in [5.41, 5.74) is 13.8. The van der Waals surface area contributed by atoms with E-state index in [-0.39, 0.29) is 0 Å². The molecule has 0 bridgehead atoms. The molecule has 0 N–H and O–H groups in total. The molecule has 0 nitrogen and oxygen atoms in total. The van der Waals surface area contributed by atoms with Gasteiger partial charge in [-0.05, 0) is 79.3 Å². The summed E-state index contributed by atoms with van der Waals surface area (Å²) < 4.78 is 0. The van der Waals surface area contributed by atoms with E-state index in [1.54, 1.807) is 0 Å². The molecule has 4 aromatic carbocycles. The Labute approximate surface area is 219 Å². The Morgan fingerprint density at radius 3 is 1.11 bits per heavy atom. The molecule has 36 heavy (non-hydrogen) atoms. The monoisotopic (exact) mass is 474 g/mol. The van der Waals surface area contributed by atoms with Crippen molar-refractivity contribution in [3.8, 4) is 33.4 Å². The Hall–Kier alpha value is -3.12. The smallest absolute Gasteiger partial charge is 0.00209 e. The van der Waals surface area contributed by atoms with Crippen molar-refractivity contribution in [2.24, 2.45) is 0 Å². The minimum Gasteiger partial charge on any atom is -0.0619 e. The molecule has 0 atom stereocenters. The molecule has 0 aliphatic rings. The summed E-state index contributed by atoms with van der Waals surface area (Å²) in [5, 5.41) is 0. The van der Waals surface area contributed by atoms with Gasteiger partial charge in [0.1, 0.15) is 0 Å². The van der Waals surface area contributed by atoms with Crippen molar-refractivity contribution in [2.75, 3.05) is 0 Å². The lowest BCUT2D eigenvalue weighted by atomic mass is 9.77. The van der Waals surface area contributed by atoms with Crippen LogP contribution in [0.4, 0.5) is 0 Å².